The van der Waals surface area contributed by atoms with Gasteiger partial charge in [0.25, 0.3) is 0 Å². The average molecular weight is 714 g/mol. The minimum Gasteiger partial charge on any atom is -0.392 e. The van der Waals surface area contributed by atoms with E-state index in [1.54, 1.807) is 0 Å². The van der Waals surface area contributed by atoms with Gasteiger partial charge in [-0.05, 0) is 73.8 Å². The van der Waals surface area contributed by atoms with Crippen LogP contribution in [-0.4, -0.2) is 115 Å². The summed E-state index contributed by atoms with van der Waals surface area (Å²) in [6.45, 7) is 13.5. The minimum atomic E-state index is -0.765. The van der Waals surface area contributed by atoms with Crippen LogP contribution in [0.5, 0.6) is 0 Å². The number of rotatable bonds is 3. The van der Waals surface area contributed by atoms with Crippen molar-refractivity contribution in [2.24, 2.45) is 23.5 Å². The molecule has 0 amide bonds. The molecule has 1 spiro atoms. The number of aliphatic hydroxyl groups is 1. The lowest BCUT2D eigenvalue weighted by atomic mass is 9.78. The molecule has 4 unspecified atom stereocenters. The molecule has 10 heterocycles. The standard InChI is InChI=1S/C40H59NO10/c1-19-11-25-5-7-29-20(2)12-27(44-29)9-10-40-17-34-36(50-40)37-38(49-34)39(51-40)35-30(48-37)8-6-26(46-35)13-23(42)14-28-22(4)31(15-24(43)18-41)47-33(28)16-32(45-25)21(19)3/h19,22,24-39,43H,2-3,5-18,41H2,1,4H3/t19-,22-,24+,25+,26-,27+,28?,29?,30+,31-,32?,33+,34+,35+,36?,37+,38-,39+,40+/m1/s1. The molecule has 10 rings (SSSR count). The predicted molar refractivity (Wildman–Crippen MR) is 185 cm³/mol. The summed E-state index contributed by atoms with van der Waals surface area (Å²) >= 11 is 0. The van der Waals surface area contributed by atoms with Crippen LogP contribution in [0.4, 0.5) is 0 Å². The highest BCUT2D eigenvalue weighted by Crippen LogP contribution is 2.54. The van der Waals surface area contributed by atoms with Crippen LogP contribution >= 0.6 is 0 Å². The third kappa shape index (κ3) is 6.53. The van der Waals surface area contributed by atoms with Gasteiger partial charge in [-0.25, -0.2) is 0 Å². The quantitative estimate of drug-likeness (QED) is 0.410. The zero-order valence-corrected chi connectivity index (χ0v) is 30.4. The molecule has 51 heavy (non-hydrogen) atoms. The third-order valence-electron chi connectivity index (χ3n) is 14.2. The summed E-state index contributed by atoms with van der Waals surface area (Å²) in [5, 5.41) is 10.5. The van der Waals surface area contributed by atoms with Crippen molar-refractivity contribution >= 4 is 5.78 Å². The van der Waals surface area contributed by atoms with E-state index in [-0.39, 0.29) is 110 Å². The second kappa shape index (κ2) is 13.8. The fraction of sp³-hybridized carbons (Fsp3) is 0.875. The lowest BCUT2D eigenvalue weighted by molar-refractivity contribution is -0.292. The Morgan fingerprint density at radius 1 is 0.765 bits per heavy atom. The van der Waals surface area contributed by atoms with Crippen LogP contribution in [0, 0.1) is 17.8 Å². The van der Waals surface area contributed by atoms with E-state index in [0.29, 0.717) is 44.4 Å². The summed E-state index contributed by atoms with van der Waals surface area (Å²) in [4.78, 5) is 14.0. The van der Waals surface area contributed by atoms with E-state index in [1.807, 2.05) is 0 Å². The van der Waals surface area contributed by atoms with Crippen molar-refractivity contribution < 1.29 is 47.8 Å². The van der Waals surface area contributed by atoms with E-state index in [2.05, 4.69) is 27.0 Å². The van der Waals surface area contributed by atoms with Gasteiger partial charge >= 0.3 is 0 Å². The second-order valence-corrected chi connectivity index (χ2v) is 17.6. The number of nitrogens with two attached hydrogens (primary N) is 1. The molecule has 11 heteroatoms. The summed E-state index contributed by atoms with van der Waals surface area (Å²) in [6, 6.07) is 0. The van der Waals surface area contributed by atoms with Crippen molar-refractivity contribution in [1.29, 1.82) is 0 Å². The Labute approximate surface area is 302 Å². The van der Waals surface area contributed by atoms with Crippen molar-refractivity contribution in [3.8, 4) is 0 Å². The van der Waals surface area contributed by atoms with Crippen molar-refractivity contribution in [2.75, 3.05) is 6.54 Å². The minimum absolute atomic E-state index is 0.00127. The molecule has 0 radical (unpaired) electrons. The Bertz CT molecular complexity index is 1360. The third-order valence-corrected chi connectivity index (χ3v) is 14.2. The first-order valence-corrected chi connectivity index (χ1v) is 20.1. The fourth-order valence-corrected chi connectivity index (χ4v) is 11.3. The van der Waals surface area contributed by atoms with Crippen LogP contribution in [0.15, 0.2) is 24.3 Å². The number of carbonyl (C=O) groups excluding carboxylic acids is 1. The van der Waals surface area contributed by atoms with E-state index in [0.717, 1.165) is 56.1 Å². The number of ketones is 1. The Morgan fingerprint density at radius 2 is 1.51 bits per heavy atom. The molecule has 10 saturated heterocycles. The van der Waals surface area contributed by atoms with Crippen LogP contribution in [0.25, 0.3) is 0 Å². The zero-order valence-electron chi connectivity index (χ0n) is 30.4. The van der Waals surface area contributed by atoms with E-state index in [4.69, 9.17) is 43.6 Å². The molecule has 0 aromatic rings. The monoisotopic (exact) mass is 713 g/mol. The molecule has 0 aliphatic carbocycles. The van der Waals surface area contributed by atoms with Gasteiger partial charge in [0.1, 0.15) is 36.3 Å². The number of carbonyl (C=O) groups is 1. The topological polar surface area (TPSA) is 137 Å². The first-order valence-electron chi connectivity index (χ1n) is 20.1. The molecule has 10 fully saturated rings. The molecule has 3 N–H and O–H groups in total. The Balaban J connectivity index is 0.986. The van der Waals surface area contributed by atoms with Crippen LogP contribution in [-0.2, 0) is 42.7 Å². The molecule has 0 aromatic carbocycles. The van der Waals surface area contributed by atoms with Crippen LogP contribution < -0.4 is 5.73 Å². The van der Waals surface area contributed by atoms with Crippen molar-refractivity contribution in [3.63, 3.8) is 0 Å². The van der Waals surface area contributed by atoms with Crippen molar-refractivity contribution in [1.82, 2.24) is 0 Å². The molecular weight excluding hydrogens is 654 g/mol. The van der Waals surface area contributed by atoms with Crippen molar-refractivity contribution in [3.05, 3.63) is 24.3 Å². The Hall–Kier alpha value is -1.25. The number of hydrogen-bond acceptors (Lipinski definition) is 11. The number of fused-ring (bicyclic) bond motifs is 6. The number of ether oxygens (including phenoxy) is 8. The molecule has 0 aromatic heterocycles. The van der Waals surface area contributed by atoms with E-state index in [9.17, 15) is 9.90 Å². The van der Waals surface area contributed by atoms with Gasteiger partial charge in [-0.2, -0.15) is 0 Å². The molecule has 0 saturated carbocycles. The largest absolute Gasteiger partial charge is 0.392 e. The average Bonchev–Trinajstić information content (AvgIpc) is 3.77. The van der Waals surface area contributed by atoms with Crippen LogP contribution in [0.3, 0.4) is 0 Å². The molecular formula is C40H59NO10. The van der Waals surface area contributed by atoms with Gasteiger partial charge in [-0.3, -0.25) is 4.79 Å². The molecule has 10 aliphatic rings. The molecule has 11 nitrogen and oxygen atoms in total. The fourth-order valence-electron chi connectivity index (χ4n) is 11.3. The van der Waals surface area contributed by atoms with Gasteiger partial charge in [0.15, 0.2) is 5.79 Å². The summed E-state index contributed by atoms with van der Waals surface area (Å²) in [5.41, 5.74) is 8.06. The highest BCUT2D eigenvalue weighted by atomic mass is 16.8. The van der Waals surface area contributed by atoms with Gasteiger partial charge < -0.3 is 48.7 Å². The second-order valence-electron chi connectivity index (χ2n) is 17.6. The first kappa shape index (κ1) is 35.5. The van der Waals surface area contributed by atoms with Crippen molar-refractivity contribution in [2.45, 2.75) is 195 Å². The van der Waals surface area contributed by atoms with Gasteiger partial charge in [-0.15, -0.1) is 0 Å². The van der Waals surface area contributed by atoms with Gasteiger partial charge in [0, 0.05) is 45.1 Å². The molecule has 284 valence electrons. The molecule has 12 bridgehead atoms. The lowest BCUT2D eigenvalue weighted by Crippen LogP contribution is -2.61. The van der Waals surface area contributed by atoms with Gasteiger partial charge in [0.2, 0.25) is 0 Å². The summed E-state index contributed by atoms with van der Waals surface area (Å²) < 4.78 is 54.0. The first-order chi connectivity index (χ1) is 24.6. The maximum atomic E-state index is 14.0. The number of Topliss-reactive ketones (excluding diaryl/α,β-unsaturated/α-hetero) is 1. The summed E-state index contributed by atoms with van der Waals surface area (Å²) in [6.07, 6.45) is 6.43. The van der Waals surface area contributed by atoms with Crippen LogP contribution in [0.2, 0.25) is 0 Å². The van der Waals surface area contributed by atoms with Gasteiger partial charge in [-0.1, -0.05) is 27.0 Å². The Kier molecular flexibility index (Phi) is 9.59. The van der Waals surface area contributed by atoms with Gasteiger partial charge in [0.05, 0.1) is 61.0 Å². The van der Waals surface area contributed by atoms with E-state index in [1.165, 1.54) is 0 Å². The van der Waals surface area contributed by atoms with E-state index < -0.39 is 11.9 Å². The maximum Gasteiger partial charge on any atom is 0.172 e. The zero-order chi connectivity index (χ0) is 35.2. The number of aliphatic hydroxyl groups excluding tert-OH is 1. The highest BCUT2D eigenvalue weighted by Gasteiger charge is 2.68. The van der Waals surface area contributed by atoms with Crippen LogP contribution in [0.1, 0.15) is 97.3 Å². The highest BCUT2D eigenvalue weighted by molar-refractivity contribution is 5.79. The molecule has 19 atom stereocenters. The predicted octanol–water partition coefficient (Wildman–Crippen LogP) is 4.06. The Morgan fingerprint density at radius 3 is 2.35 bits per heavy atom. The summed E-state index contributed by atoms with van der Waals surface area (Å²) in [7, 11) is 0. The van der Waals surface area contributed by atoms with E-state index >= 15 is 0 Å². The number of hydrogen-bond donors (Lipinski definition) is 2. The maximum absolute atomic E-state index is 14.0. The lowest BCUT2D eigenvalue weighted by Gasteiger charge is -2.47. The molecule has 10 aliphatic heterocycles. The SMILES string of the molecule is C=C1C[C@@H]2CC[C@@]34C[C@@H]5O[C@H]6[C@@H](O3)[C@H]3O[C@H](CC[C@@H]3O[C@H]6C5O4)CC(=O)CC3[C@H](CC4O[C@@H](CCC1O2)C[C@@H](C)C4=C)O[C@H](C[C@H](O)CN)[C@@H]3C. The summed E-state index contributed by atoms with van der Waals surface area (Å²) in [5.74, 6) is -0.222. The smallest absolute Gasteiger partial charge is 0.172 e. The normalized spacial score (nSPS) is 53.2.